The molecular formula is C21H25N5O2. The number of imidazole rings is 1. The molecule has 28 heavy (non-hydrogen) atoms. The minimum absolute atomic E-state index is 0.199. The van der Waals surface area contributed by atoms with Crippen LogP contribution in [0.1, 0.15) is 33.1 Å². The van der Waals surface area contributed by atoms with Crippen LogP contribution in [0.15, 0.2) is 54.7 Å². The third kappa shape index (κ3) is 4.75. The highest BCUT2D eigenvalue weighted by Crippen LogP contribution is 2.13. The predicted molar refractivity (Wildman–Crippen MR) is 108 cm³/mol. The first-order valence-electron chi connectivity index (χ1n) is 9.28. The van der Waals surface area contributed by atoms with Crippen molar-refractivity contribution in [2.45, 2.75) is 13.0 Å². The molecule has 0 atom stereocenters. The highest BCUT2D eigenvalue weighted by Gasteiger charge is 2.21. The Morgan fingerprint density at radius 2 is 1.75 bits per heavy atom. The molecule has 1 aromatic carbocycles. The maximum absolute atomic E-state index is 12.7. The number of nitrogens with zero attached hydrogens (tertiary/aromatic N) is 3. The Labute approximate surface area is 164 Å². The number of hydrogen-bond donors (Lipinski definition) is 2. The summed E-state index contributed by atoms with van der Waals surface area (Å²) in [5.74, 6) is -0.397. The number of aromatic nitrogens is 2. The Kier molecular flexibility index (Phi) is 6.39. The van der Waals surface area contributed by atoms with Crippen molar-refractivity contribution in [3.8, 4) is 0 Å². The minimum Gasteiger partial charge on any atom is -0.351 e. The average molecular weight is 379 g/mol. The van der Waals surface area contributed by atoms with Crippen molar-refractivity contribution in [2.75, 3.05) is 27.2 Å². The van der Waals surface area contributed by atoms with E-state index in [2.05, 4.69) is 20.5 Å². The third-order valence-electron chi connectivity index (χ3n) is 4.33. The average Bonchev–Trinajstić information content (AvgIpc) is 3.10. The van der Waals surface area contributed by atoms with Crippen LogP contribution in [0, 0.1) is 0 Å². The van der Waals surface area contributed by atoms with Gasteiger partial charge in [0, 0.05) is 19.3 Å². The maximum atomic E-state index is 12.7. The molecule has 7 heteroatoms. The Hall–Kier alpha value is -3.19. The van der Waals surface area contributed by atoms with Crippen molar-refractivity contribution in [1.29, 1.82) is 0 Å². The molecule has 0 aliphatic heterocycles. The molecule has 0 saturated heterocycles. The molecule has 0 saturated carbocycles. The van der Waals surface area contributed by atoms with E-state index in [9.17, 15) is 9.59 Å². The van der Waals surface area contributed by atoms with E-state index in [-0.39, 0.29) is 23.3 Å². The van der Waals surface area contributed by atoms with Crippen molar-refractivity contribution >= 4 is 17.3 Å². The van der Waals surface area contributed by atoms with E-state index in [4.69, 9.17) is 0 Å². The standard InChI is InChI=1S/C21H25N5O2/c1-25(2)13-8-12-22-20(27)18-17-11-6-7-14-26(17)19(24-18)21(28)23-15-16-9-4-3-5-10-16/h3-7,9-11,14H,8,12-13,15H2,1-2H3,(H,22,27)(H,23,28). The number of amides is 2. The van der Waals surface area contributed by atoms with Crippen LogP contribution in [0.25, 0.3) is 5.52 Å². The van der Waals surface area contributed by atoms with Gasteiger partial charge in [0.05, 0.1) is 5.52 Å². The Balaban J connectivity index is 1.74. The van der Waals surface area contributed by atoms with Gasteiger partial charge in [-0.3, -0.25) is 14.0 Å². The molecule has 2 N–H and O–H groups in total. The first-order chi connectivity index (χ1) is 13.6. The number of carbonyl (C=O) groups is 2. The van der Waals surface area contributed by atoms with Crippen LogP contribution < -0.4 is 10.6 Å². The zero-order valence-corrected chi connectivity index (χ0v) is 16.2. The summed E-state index contributed by atoms with van der Waals surface area (Å²) in [6.45, 7) is 1.84. The number of benzene rings is 1. The van der Waals surface area contributed by atoms with Gasteiger partial charge < -0.3 is 15.5 Å². The lowest BCUT2D eigenvalue weighted by Gasteiger charge is -2.09. The number of pyridine rings is 1. The molecule has 0 aliphatic rings. The molecule has 146 valence electrons. The van der Waals surface area contributed by atoms with Gasteiger partial charge in [0.1, 0.15) is 0 Å². The second-order valence-corrected chi connectivity index (χ2v) is 6.82. The maximum Gasteiger partial charge on any atom is 0.287 e. The number of nitrogens with one attached hydrogen (secondary N) is 2. The number of fused-ring (bicyclic) bond motifs is 1. The molecule has 0 unspecified atom stereocenters. The normalized spacial score (nSPS) is 11.0. The summed E-state index contributed by atoms with van der Waals surface area (Å²) in [6, 6.07) is 15.1. The SMILES string of the molecule is CN(C)CCCNC(=O)c1nc(C(=O)NCc2ccccc2)n2ccccc12. The van der Waals surface area contributed by atoms with Crippen molar-refractivity contribution in [3.63, 3.8) is 0 Å². The van der Waals surface area contributed by atoms with Gasteiger partial charge in [0.15, 0.2) is 5.69 Å². The highest BCUT2D eigenvalue weighted by atomic mass is 16.2. The highest BCUT2D eigenvalue weighted by molar-refractivity contribution is 6.02. The topological polar surface area (TPSA) is 78.7 Å². The van der Waals surface area contributed by atoms with E-state index in [0.29, 0.717) is 18.6 Å². The molecule has 2 aromatic heterocycles. The smallest absolute Gasteiger partial charge is 0.287 e. The first kappa shape index (κ1) is 19.6. The van der Waals surface area contributed by atoms with E-state index >= 15 is 0 Å². The van der Waals surface area contributed by atoms with Gasteiger partial charge in [-0.15, -0.1) is 0 Å². The van der Waals surface area contributed by atoms with Crippen LogP contribution in [0.3, 0.4) is 0 Å². The van der Waals surface area contributed by atoms with Crippen molar-refractivity contribution < 1.29 is 9.59 Å². The van der Waals surface area contributed by atoms with Gasteiger partial charge in [-0.05, 0) is 44.8 Å². The summed E-state index contributed by atoms with van der Waals surface area (Å²) in [5.41, 5.74) is 1.86. The monoisotopic (exact) mass is 379 g/mol. The lowest BCUT2D eigenvalue weighted by molar-refractivity contribution is 0.0939. The fraction of sp³-hybridized carbons (Fsp3) is 0.286. The van der Waals surface area contributed by atoms with Crippen LogP contribution >= 0.6 is 0 Å². The lowest BCUT2D eigenvalue weighted by atomic mass is 10.2. The summed E-state index contributed by atoms with van der Waals surface area (Å²) < 4.78 is 1.65. The zero-order valence-electron chi connectivity index (χ0n) is 16.2. The van der Waals surface area contributed by atoms with Crippen LogP contribution in [0.5, 0.6) is 0 Å². The molecule has 0 aliphatic carbocycles. The van der Waals surface area contributed by atoms with Crippen LogP contribution in [-0.2, 0) is 6.54 Å². The number of hydrogen-bond acceptors (Lipinski definition) is 4. The van der Waals surface area contributed by atoms with Gasteiger partial charge in [-0.1, -0.05) is 36.4 Å². The van der Waals surface area contributed by atoms with E-state index in [1.165, 1.54) is 0 Å². The molecule has 0 bridgehead atoms. The van der Waals surface area contributed by atoms with Gasteiger partial charge in [0.2, 0.25) is 5.82 Å². The van der Waals surface area contributed by atoms with Gasteiger partial charge in [0.25, 0.3) is 11.8 Å². The second-order valence-electron chi connectivity index (χ2n) is 6.82. The predicted octanol–water partition coefficient (Wildman–Crippen LogP) is 1.95. The molecule has 3 rings (SSSR count). The molecule has 7 nitrogen and oxygen atoms in total. The van der Waals surface area contributed by atoms with E-state index in [0.717, 1.165) is 18.5 Å². The van der Waals surface area contributed by atoms with Gasteiger partial charge >= 0.3 is 0 Å². The van der Waals surface area contributed by atoms with Crippen LogP contribution in [-0.4, -0.2) is 53.3 Å². The Morgan fingerprint density at radius 3 is 2.50 bits per heavy atom. The summed E-state index contributed by atoms with van der Waals surface area (Å²) in [4.78, 5) is 31.7. The molecule has 0 radical (unpaired) electrons. The van der Waals surface area contributed by atoms with Crippen molar-refractivity contribution in [1.82, 2.24) is 24.9 Å². The summed E-state index contributed by atoms with van der Waals surface area (Å²) in [5, 5.41) is 5.75. The van der Waals surface area contributed by atoms with Gasteiger partial charge in [-0.2, -0.15) is 0 Å². The lowest BCUT2D eigenvalue weighted by Crippen LogP contribution is -2.28. The molecule has 0 fully saturated rings. The van der Waals surface area contributed by atoms with Crippen LogP contribution in [0.4, 0.5) is 0 Å². The van der Waals surface area contributed by atoms with Gasteiger partial charge in [-0.25, -0.2) is 4.98 Å². The molecule has 0 spiro atoms. The fourth-order valence-electron chi connectivity index (χ4n) is 2.90. The van der Waals surface area contributed by atoms with Crippen molar-refractivity contribution in [3.05, 3.63) is 71.8 Å². The van der Waals surface area contributed by atoms with Crippen molar-refractivity contribution in [2.24, 2.45) is 0 Å². The van der Waals surface area contributed by atoms with Crippen LogP contribution in [0.2, 0.25) is 0 Å². The molecular weight excluding hydrogens is 354 g/mol. The van der Waals surface area contributed by atoms with E-state index in [1.54, 1.807) is 22.7 Å². The Bertz CT molecular complexity index is 950. The quantitative estimate of drug-likeness (QED) is 0.587. The zero-order chi connectivity index (χ0) is 19.9. The molecule has 3 aromatic rings. The van der Waals surface area contributed by atoms with E-state index in [1.807, 2.05) is 50.5 Å². The molecule has 2 heterocycles. The fourth-order valence-corrected chi connectivity index (χ4v) is 2.90. The largest absolute Gasteiger partial charge is 0.351 e. The number of carbonyl (C=O) groups excluding carboxylic acids is 2. The summed E-state index contributed by atoms with van der Waals surface area (Å²) in [7, 11) is 3.98. The number of rotatable bonds is 8. The summed E-state index contributed by atoms with van der Waals surface area (Å²) >= 11 is 0. The summed E-state index contributed by atoms with van der Waals surface area (Å²) in [6.07, 6.45) is 2.58. The van der Waals surface area contributed by atoms with E-state index < -0.39 is 0 Å². The second kappa shape index (κ2) is 9.14. The molecule has 2 amide bonds. The Morgan fingerprint density at radius 1 is 1.00 bits per heavy atom. The first-order valence-corrected chi connectivity index (χ1v) is 9.28. The third-order valence-corrected chi connectivity index (χ3v) is 4.33. The minimum atomic E-state index is -0.322.